The topological polar surface area (TPSA) is 69.3 Å². The molecule has 0 aliphatic carbocycles. The van der Waals surface area contributed by atoms with E-state index in [9.17, 15) is 0 Å². The summed E-state index contributed by atoms with van der Waals surface area (Å²) in [6, 6.07) is 6.11. The van der Waals surface area contributed by atoms with Crippen molar-refractivity contribution >= 4 is 5.96 Å². The molecule has 19 heavy (non-hydrogen) atoms. The Balaban J connectivity index is 1.81. The van der Waals surface area contributed by atoms with Crippen molar-refractivity contribution < 1.29 is 14.2 Å². The minimum atomic E-state index is 0.143. The van der Waals surface area contributed by atoms with E-state index in [4.69, 9.17) is 19.9 Å². The van der Waals surface area contributed by atoms with Gasteiger partial charge < -0.3 is 24.8 Å². The molecule has 0 bridgehead atoms. The summed E-state index contributed by atoms with van der Waals surface area (Å²) in [6.45, 7) is 2.30. The second-order valence-corrected chi connectivity index (χ2v) is 4.51. The number of ether oxygens (including phenoxy) is 3. The van der Waals surface area contributed by atoms with Crippen molar-refractivity contribution in [2.75, 3.05) is 33.6 Å². The van der Waals surface area contributed by atoms with E-state index in [-0.39, 0.29) is 12.8 Å². The third-order valence-electron chi connectivity index (χ3n) is 3.41. The van der Waals surface area contributed by atoms with Crippen molar-refractivity contribution in [2.45, 2.75) is 6.04 Å². The Labute approximate surface area is 111 Å². The summed E-state index contributed by atoms with van der Waals surface area (Å²) in [5, 5.41) is 0. The van der Waals surface area contributed by atoms with Crippen LogP contribution in [0, 0.1) is 0 Å². The van der Waals surface area contributed by atoms with E-state index in [1.54, 1.807) is 7.11 Å². The summed E-state index contributed by atoms with van der Waals surface area (Å²) in [7, 11) is 1.68. The van der Waals surface area contributed by atoms with Crippen LogP contribution in [0.3, 0.4) is 0 Å². The molecule has 1 aromatic carbocycles. The van der Waals surface area contributed by atoms with Crippen LogP contribution in [-0.2, 0) is 4.74 Å². The molecule has 1 atom stereocenters. The van der Waals surface area contributed by atoms with Crippen LogP contribution in [0.2, 0.25) is 0 Å². The Hall–Kier alpha value is -1.95. The Morgan fingerprint density at radius 2 is 2.26 bits per heavy atom. The van der Waals surface area contributed by atoms with Gasteiger partial charge in [-0.2, -0.15) is 0 Å². The van der Waals surface area contributed by atoms with Gasteiger partial charge in [0, 0.05) is 13.7 Å². The Morgan fingerprint density at radius 1 is 1.42 bits per heavy atom. The highest BCUT2D eigenvalue weighted by Crippen LogP contribution is 2.36. The van der Waals surface area contributed by atoms with Crippen LogP contribution in [-0.4, -0.2) is 44.5 Å². The van der Waals surface area contributed by atoms with E-state index in [1.807, 2.05) is 18.2 Å². The molecule has 2 aliphatic rings. The predicted molar refractivity (Wildman–Crippen MR) is 70.4 cm³/mol. The molecule has 0 radical (unpaired) electrons. The first-order chi connectivity index (χ1) is 9.29. The monoisotopic (exact) mass is 263 g/mol. The lowest BCUT2D eigenvalue weighted by Gasteiger charge is -2.26. The number of hydrogen-bond donors (Lipinski definition) is 1. The number of fused-ring (bicyclic) bond motifs is 1. The molecule has 1 aromatic rings. The second-order valence-electron chi connectivity index (χ2n) is 4.51. The van der Waals surface area contributed by atoms with Crippen LogP contribution in [0.25, 0.3) is 0 Å². The first-order valence-electron chi connectivity index (χ1n) is 6.24. The third-order valence-corrected chi connectivity index (χ3v) is 3.41. The zero-order valence-electron chi connectivity index (χ0n) is 10.8. The molecule has 0 saturated heterocycles. The van der Waals surface area contributed by atoms with Crippen LogP contribution in [0.4, 0.5) is 0 Å². The Morgan fingerprint density at radius 3 is 3.11 bits per heavy atom. The van der Waals surface area contributed by atoms with E-state index >= 15 is 0 Å². The largest absolute Gasteiger partial charge is 0.454 e. The minimum absolute atomic E-state index is 0.143. The normalized spacial score (nSPS) is 20.8. The highest BCUT2D eigenvalue weighted by Gasteiger charge is 2.28. The number of benzene rings is 1. The first kappa shape index (κ1) is 12.1. The number of guanidine groups is 1. The van der Waals surface area contributed by atoms with Gasteiger partial charge in [0.1, 0.15) is 0 Å². The van der Waals surface area contributed by atoms with E-state index in [1.165, 1.54) is 0 Å². The molecule has 0 spiro atoms. The number of rotatable bonds is 4. The Bertz CT molecular complexity index is 504. The van der Waals surface area contributed by atoms with Gasteiger partial charge in [-0.15, -0.1) is 0 Å². The number of methoxy groups -OCH3 is 1. The van der Waals surface area contributed by atoms with Gasteiger partial charge in [-0.25, -0.2) is 0 Å². The quantitative estimate of drug-likeness (QED) is 0.867. The van der Waals surface area contributed by atoms with Crippen LogP contribution in [0.5, 0.6) is 11.5 Å². The SMILES string of the molecule is COCCN1C(N)=NCC1c1ccc2c(c1)OCO2. The molecule has 0 aromatic heterocycles. The van der Waals surface area contributed by atoms with Gasteiger partial charge in [-0.05, 0) is 17.7 Å². The molecular weight excluding hydrogens is 246 g/mol. The lowest BCUT2D eigenvalue weighted by atomic mass is 10.1. The molecule has 6 heteroatoms. The van der Waals surface area contributed by atoms with Crippen LogP contribution < -0.4 is 15.2 Å². The fourth-order valence-corrected chi connectivity index (χ4v) is 2.39. The van der Waals surface area contributed by atoms with Crippen LogP contribution in [0.15, 0.2) is 23.2 Å². The second kappa shape index (κ2) is 4.97. The zero-order valence-corrected chi connectivity index (χ0v) is 10.8. The summed E-state index contributed by atoms with van der Waals surface area (Å²) in [4.78, 5) is 6.37. The van der Waals surface area contributed by atoms with Gasteiger partial charge in [-0.3, -0.25) is 4.99 Å². The number of nitrogens with two attached hydrogens (primary N) is 1. The van der Waals surface area contributed by atoms with Gasteiger partial charge in [0.05, 0.1) is 19.2 Å². The third kappa shape index (κ3) is 2.19. The van der Waals surface area contributed by atoms with Crippen molar-refractivity contribution in [3.05, 3.63) is 23.8 Å². The van der Waals surface area contributed by atoms with Gasteiger partial charge in [-0.1, -0.05) is 6.07 Å². The van der Waals surface area contributed by atoms with E-state index in [0.717, 1.165) is 23.6 Å². The van der Waals surface area contributed by atoms with Crippen LogP contribution >= 0.6 is 0 Å². The van der Waals surface area contributed by atoms with Gasteiger partial charge in [0.15, 0.2) is 17.5 Å². The molecule has 0 fully saturated rings. The van der Waals surface area contributed by atoms with E-state index in [0.29, 0.717) is 19.1 Å². The first-order valence-corrected chi connectivity index (χ1v) is 6.24. The molecule has 2 N–H and O–H groups in total. The van der Waals surface area contributed by atoms with Crippen molar-refractivity contribution in [2.24, 2.45) is 10.7 Å². The summed E-state index contributed by atoms with van der Waals surface area (Å²) in [5.41, 5.74) is 7.05. The van der Waals surface area contributed by atoms with Gasteiger partial charge in [0.2, 0.25) is 6.79 Å². The van der Waals surface area contributed by atoms with Crippen molar-refractivity contribution in [1.29, 1.82) is 0 Å². The van der Waals surface area contributed by atoms with E-state index in [2.05, 4.69) is 9.89 Å². The smallest absolute Gasteiger partial charge is 0.231 e. The highest BCUT2D eigenvalue weighted by molar-refractivity contribution is 5.80. The minimum Gasteiger partial charge on any atom is -0.454 e. The van der Waals surface area contributed by atoms with E-state index < -0.39 is 0 Å². The maximum absolute atomic E-state index is 5.92. The maximum Gasteiger partial charge on any atom is 0.231 e. The van der Waals surface area contributed by atoms with Crippen molar-refractivity contribution in [3.63, 3.8) is 0 Å². The predicted octanol–water partition coefficient (Wildman–Crippen LogP) is 0.733. The molecule has 2 heterocycles. The molecule has 6 nitrogen and oxygen atoms in total. The van der Waals surface area contributed by atoms with Gasteiger partial charge in [0.25, 0.3) is 0 Å². The zero-order chi connectivity index (χ0) is 13.2. The average Bonchev–Trinajstić information content (AvgIpc) is 3.02. The molecule has 2 aliphatic heterocycles. The fraction of sp³-hybridized carbons (Fsp3) is 0.462. The van der Waals surface area contributed by atoms with Gasteiger partial charge >= 0.3 is 0 Å². The number of nitrogens with zero attached hydrogens (tertiary/aromatic N) is 2. The van der Waals surface area contributed by atoms with Crippen LogP contribution in [0.1, 0.15) is 11.6 Å². The molecule has 3 rings (SSSR count). The fourth-order valence-electron chi connectivity index (χ4n) is 2.39. The molecular formula is C13H17N3O3. The van der Waals surface area contributed by atoms with Crippen molar-refractivity contribution in [1.82, 2.24) is 4.90 Å². The van der Waals surface area contributed by atoms with Crippen molar-refractivity contribution in [3.8, 4) is 11.5 Å². The number of hydrogen-bond acceptors (Lipinski definition) is 6. The molecule has 0 amide bonds. The summed E-state index contributed by atoms with van der Waals surface area (Å²) < 4.78 is 15.8. The molecule has 102 valence electrons. The maximum atomic E-state index is 5.92. The molecule has 0 saturated carbocycles. The number of aliphatic imine (C=N–C) groups is 1. The summed E-state index contributed by atoms with van der Waals surface area (Å²) in [6.07, 6.45) is 0. The average molecular weight is 263 g/mol. The summed E-state index contributed by atoms with van der Waals surface area (Å²) >= 11 is 0. The lowest BCUT2D eigenvalue weighted by Crippen LogP contribution is -2.38. The lowest BCUT2D eigenvalue weighted by molar-refractivity contribution is 0.166. The summed E-state index contributed by atoms with van der Waals surface area (Å²) in [5.74, 6) is 2.15. The molecule has 1 unspecified atom stereocenters. The Kier molecular flexibility index (Phi) is 3.16. The highest BCUT2D eigenvalue weighted by atomic mass is 16.7. The standard InChI is InChI=1S/C13H17N3O3/c1-17-5-4-16-10(7-15-13(16)14)9-2-3-11-12(6-9)19-8-18-11/h2-3,6,10H,4-5,7-8H2,1H3,(H2,14,15).